The number of ketones is 1. The molecule has 3 N–H and O–H groups in total. The predicted octanol–water partition coefficient (Wildman–Crippen LogP) is 5.89. The third kappa shape index (κ3) is 9.20. The van der Waals surface area contributed by atoms with Crippen molar-refractivity contribution in [3.63, 3.8) is 0 Å². The average molecular weight is 741 g/mol. The summed E-state index contributed by atoms with van der Waals surface area (Å²) in [6.07, 6.45) is -0.0000786. The first-order valence-electron chi connectivity index (χ1n) is 17.3. The van der Waals surface area contributed by atoms with Crippen LogP contribution in [-0.2, 0) is 26.7 Å². The third-order valence-electron chi connectivity index (χ3n) is 9.47. The summed E-state index contributed by atoms with van der Waals surface area (Å²) in [6.45, 7) is 1.36. The first-order chi connectivity index (χ1) is 25.7. The van der Waals surface area contributed by atoms with Gasteiger partial charge in [-0.25, -0.2) is 13.2 Å². The monoisotopic (exact) mass is 740 g/mol. The van der Waals surface area contributed by atoms with Crippen LogP contribution in [0.25, 0.3) is 11.1 Å². The van der Waals surface area contributed by atoms with Gasteiger partial charge in [0.15, 0.2) is 0 Å². The molecule has 3 amide bonds. The Balaban J connectivity index is 1.42. The van der Waals surface area contributed by atoms with Gasteiger partial charge in [-0.05, 0) is 84.1 Å². The maximum Gasteiger partial charge on any atom is 0.294 e. The van der Waals surface area contributed by atoms with E-state index in [1.807, 2.05) is 12.1 Å². The first kappa shape index (κ1) is 39.4. The Bertz CT molecular complexity index is 2070. The van der Waals surface area contributed by atoms with Crippen molar-refractivity contribution in [1.29, 1.82) is 5.26 Å². The van der Waals surface area contributed by atoms with Crippen molar-refractivity contribution in [2.24, 2.45) is 5.92 Å². The van der Waals surface area contributed by atoms with Gasteiger partial charge in [-0.1, -0.05) is 36.4 Å². The zero-order valence-corrected chi connectivity index (χ0v) is 29.7. The van der Waals surface area contributed by atoms with Gasteiger partial charge in [0.2, 0.25) is 5.78 Å². The number of methoxy groups -OCH3 is 1. The topological polar surface area (TPSA) is 149 Å². The lowest BCUT2D eigenvalue weighted by molar-refractivity contribution is -0.143. The van der Waals surface area contributed by atoms with Crippen LogP contribution in [0.2, 0.25) is 0 Å². The minimum atomic E-state index is -3.39. The molecule has 1 aliphatic heterocycles. The minimum Gasteiger partial charge on any atom is -0.383 e. The molecule has 4 aromatic rings. The van der Waals surface area contributed by atoms with Crippen molar-refractivity contribution >= 4 is 29.2 Å². The number of halogens is 3. The highest BCUT2D eigenvalue weighted by Crippen LogP contribution is 2.36. The quantitative estimate of drug-likeness (QED) is 0.0880. The van der Waals surface area contributed by atoms with Crippen LogP contribution in [0.3, 0.4) is 0 Å². The highest BCUT2D eigenvalue weighted by molar-refractivity contribution is 6.42. The van der Waals surface area contributed by atoms with Crippen LogP contribution in [0.5, 0.6) is 0 Å². The molecule has 5 rings (SSSR count). The number of rotatable bonds is 13. The molecule has 1 saturated heterocycles. The fraction of sp³-hybridized carbons (Fsp3) is 0.293. The molecule has 280 valence electrons. The van der Waals surface area contributed by atoms with Crippen LogP contribution in [-0.4, -0.2) is 72.5 Å². The highest BCUT2D eigenvalue weighted by atomic mass is 19.3. The number of Topliss-reactive ketones (excluding diaryl/α,β-unsaturated/α-hetero) is 1. The summed E-state index contributed by atoms with van der Waals surface area (Å²) in [7, 11) is 1.53. The van der Waals surface area contributed by atoms with E-state index >= 15 is 0 Å². The van der Waals surface area contributed by atoms with E-state index in [-0.39, 0.29) is 55.1 Å². The fourth-order valence-corrected chi connectivity index (χ4v) is 6.54. The molecule has 1 aliphatic rings. The van der Waals surface area contributed by atoms with Gasteiger partial charge in [0.1, 0.15) is 11.4 Å². The van der Waals surface area contributed by atoms with E-state index < -0.39 is 46.4 Å². The van der Waals surface area contributed by atoms with Crippen LogP contribution in [0.1, 0.15) is 57.2 Å². The number of nitriles is 1. The number of carbonyl (C=O) groups excluding carboxylic acids is 4. The van der Waals surface area contributed by atoms with Gasteiger partial charge in [-0.3, -0.25) is 19.2 Å². The standard InChI is InChI=1S/C41H39F3N4O6/c1-40(43,44)35-23-34(14-11-31(35)25-45)47-39(52)41(53,32-15-18-48(19-16-32)38(51)36(49)27-9-12-33(42)13-10-27)24-26-5-3-6-28(21-26)29-7-4-8-30(22-29)37(50)46-17-20-54-2/h3-14,21-23,32,53H,15-20,24H2,1-2H3,(H,46,50)(H,47,52). The number of nitrogens with zero attached hydrogens (tertiary/aromatic N) is 2. The molecule has 0 bridgehead atoms. The maximum absolute atomic E-state index is 14.4. The number of likely N-dealkylation sites (tertiary alicyclic amines) is 1. The Labute approximate surface area is 310 Å². The summed E-state index contributed by atoms with van der Waals surface area (Å²) >= 11 is 0. The van der Waals surface area contributed by atoms with Crippen LogP contribution in [0, 0.1) is 23.1 Å². The number of amides is 3. The van der Waals surface area contributed by atoms with Gasteiger partial charge in [-0.15, -0.1) is 0 Å². The number of alkyl halides is 2. The van der Waals surface area contributed by atoms with Crippen molar-refractivity contribution < 1.29 is 42.2 Å². The summed E-state index contributed by atoms with van der Waals surface area (Å²) in [5.74, 6) is -7.50. The van der Waals surface area contributed by atoms with Crippen LogP contribution < -0.4 is 10.6 Å². The maximum atomic E-state index is 14.4. The molecular weight excluding hydrogens is 701 g/mol. The molecule has 1 unspecified atom stereocenters. The van der Waals surface area contributed by atoms with Crippen LogP contribution in [0.4, 0.5) is 18.9 Å². The van der Waals surface area contributed by atoms with E-state index in [9.17, 15) is 42.7 Å². The van der Waals surface area contributed by atoms with Gasteiger partial charge in [-0.2, -0.15) is 5.26 Å². The number of benzene rings is 4. The second kappa shape index (κ2) is 16.9. The Morgan fingerprint density at radius 3 is 2.24 bits per heavy atom. The smallest absolute Gasteiger partial charge is 0.294 e. The van der Waals surface area contributed by atoms with E-state index in [1.54, 1.807) is 42.5 Å². The number of carbonyl (C=O) groups is 4. The Morgan fingerprint density at radius 1 is 0.926 bits per heavy atom. The third-order valence-corrected chi connectivity index (χ3v) is 9.47. The summed E-state index contributed by atoms with van der Waals surface area (Å²) < 4.78 is 47.2. The van der Waals surface area contributed by atoms with Crippen molar-refractivity contribution in [3.05, 3.63) is 125 Å². The Morgan fingerprint density at radius 2 is 1.59 bits per heavy atom. The van der Waals surface area contributed by atoms with Gasteiger partial charge in [0.25, 0.3) is 23.6 Å². The van der Waals surface area contributed by atoms with Crippen LogP contribution >= 0.6 is 0 Å². The Hall–Kier alpha value is -5.84. The zero-order valence-electron chi connectivity index (χ0n) is 29.7. The molecule has 54 heavy (non-hydrogen) atoms. The lowest BCUT2D eigenvalue weighted by Crippen LogP contribution is -2.55. The normalized spacial score (nSPS) is 14.4. The molecule has 4 aromatic carbocycles. The fourth-order valence-electron chi connectivity index (χ4n) is 6.54. The molecule has 0 radical (unpaired) electrons. The summed E-state index contributed by atoms with van der Waals surface area (Å²) in [5.41, 5.74) is -0.662. The van der Waals surface area contributed by atoms with E-state index in [0.29, 0.717) is 42.3 Å². The first-order valence-corrected chi connectivity index (χ1v) is 17.3. The van der Waals surface area contributed by atoms with Gasteiger partial charge in [0, 0.05) is 68.4 Å². The highest BCUT2D eigenvalue weighted by Gasteiger charge is 2.46. The van der Waals surface area contributed by atoms with E-state index in [4.69, 9.17) is 4.74 Å². The molecular formula is C41H39F3N4O6. The number of ether oxygens (including phenoxy) is 1. The second-order valence-corrected chi connectivity index (χ2v) is 13.2. The zero-order chi connectivity index (χ0) is 39.0. The predicted molar refractivity (Wildman–Crippen MR) is 194 cm³/mol. The van der Waals surface area contributed by atoms with Crippen molar-refractivity contribution in [2.45, 2.75) is 37.7 Å². The van der Waals surface area contributed by atoms with E-state index in [0.717, 1.165) is 18.2 Å². The van der Waals surface area contributed by atoms with E-state index in [1.165, 1.54) is 36.3 Å². The molecule has 13 heteroatoms. The summed E-state index contributed by atoms with van der Waals surface area (Å²) in [4.78, 5) is 54.1. The molecule has 0 spiro atoms. The molecule has 0 aliphatic carbocycles. The summed E-state index contributed by atoms with van der Waals surface area (Å²) in [6, 6.07) is 23.8. The number of hydrogen-bond donors (Lipinski definition) is 3. The number of aliphatic hydroxyl groups is 1. The molecule has 1 heterocycles. The van der Waals surface area contributed by atoms with Crippen LogP contribution in [0.15, 0.2) is 91.0 Å². The molecule has 1 fully saturated rings. The average Bonchev–Trinajstić information content (AvgIpc) is 3.17. The number of anilines is 1. The largest absolute Gasteiger partial charge is 0.383 e. The second-order valence-electron chi connectivity index (χ2n) is 13.2. The van der Waals surface area contributed by atoms with Gasteiger partial charge in [0.05, 0.1) is 18.2 Å². The number of piperidine rings is 1. The minimum absolute atomic E-state index is 0.0222. The SMILES string of the molecule is COCCNC(=O)c1cccc(-c2cccc(CC(O)(C(=O)Nc3ccc(C#N)c(C(C)(F)F)c3)C3CCN(C(=O)C(=O)c4ccc(F)cc4)CC3)c2)c1. The van der Waals surface area contributed by atoms with Crippen molar-refractivity contribution in [2.75, 3.05) is 38.7 Å². The molecule has 10 nitrogen and oxygen atoms in total. The lowest BCUT2D eigenvalue weighted by atomic mass is 9.75. The molecule has 0 saturated carbocycles. The summed E-state index contributed by atoms with van der Waals surface area (Å²) in [5, 5.41) is 27.1. The van der Waals surface area contributed by atoms with E-state index in [2.05, 4.69) is 10.6 Å². The number of nitrogens with one attached hydrogen (secondary N) is 2. The molecule has 0 aromatic heterocycles. The van der Waals surface area contributed by atoms with Gasteiger partial charge >= 0.3 is 0 Å². The number of hydrogen-bond acceptors (Lipinski definition) is 7. The Kier molecular flexibility index (Phi) is 12.3. The van der Waals surface area contributed by atoms with Crippen molar-refractivity contribution in [3.8, 4) is 17.2 Å². The van der Waals surface area contributed by atoms with Crippen molar-refractivity contribution in [1.82, 2.24) is 10.2 Å². The van der Waals surface area contributed by atoms with Gasteiger partial charge < -0.3 is 25.4 Å². The lowest BCUT2D eigenvalue weighted by Gasteiger charge is -2.40. The molecule has 1 atom stereocenters.